The van der Waals surface area contributed by atoms with E-state index in [0.29, 0.717) is 34.5 Å². The highest BCUT2D eigenvalue weighted by Gasteiger charge is 2.25. The Morgan fingerprint density at radius 2 is 1.60 bits per heavy atom. The van der Waals surface area contributed by atoms with Crippen molar-refractivity contribution in [3.63, 3.8) is 0 Å². The van der Waals surface area contributed by atoms with E-state index in [1.165, 1.54) is 23.9 Å². The van der Waals surface area contributed by atoms with Crippen molar-refractivity contribution >= 4 is 17.7 Å². The minimum Gasteiger partial charge on any atom is -0.497 e. The lowest BCUT2D eigenvalue weighted by Crippen LogP contribution is -2.32. The van der Waals surface area contributed by atoms with Crippen LogP contribution in [-0.4, -0.2) is 27.8 Å². The lowest BCUT2D eigenvalue weighted by molar-refractivity contribution is 0.0934. The minimum atomic E-state index is -0.467. The summed E-state index contributed by atoms with van der Waals surface area (Å²) in [5, 5.41) is 13.0. The summed E-state index contributed by atoms with van der Waals surface area (Å²) in [6, 6.07) is 31.1. The number of thioether (sulfide) groups is 1. The van der Waals surface area contributed by atoms with Gasteiger partial charge in [0.05, 0.1) is 13.2 Å². The maximum Gasteiger partial charge on any atom is 0.251 e. The molecule has 5 aromatic rings. The summed E-state index contributed by atoms with van der Waals surface area (Å²) in [4.78, 5) is 13.4. The number of nitrogens with zero attached hydrogens (tertiary/aromatic N) is 3. The highest BCUT2D eigenvalue weighted by atomic mass is 32.2. The second kappa shape index (κ2) is 12.6. The van der Waals surface area contributed by atoms with Crippen molar-refractivity contribution in [1.29, 1.82) is 0 Å². The molecule has 202 valence electrons. The second-order valence-electron chi connectivity index (χ2n) is 9.37. The van der Waals surface area contributed by atoms with Gasteiger partial charge in [-0.15, -0.1) is 10.2 Å². The van der Waals surface area contributed by atoms with Crippen LogP contribution in [0.2, 0.25) is 0 Å². The summed E-state index contributed by atoms with van der Waals surface area (Å²) in [7, 11) is 1.59. The molecule has 0 saturated heterocycles. The van der Waals surface area contributed by atoms with Crippen LogP contribution in [0.15, 0.2) is 108 Å². The van der Waals surface area contributed by atoms with E-state index < -0.39 is 6.04 Å². The third kappa shape index (κ3) is 6.58. The van der Waals surface area contributed by atoms with E-state index in [-0.39, 0.29) is 11.7 Å². The van der Waals surface area contributed by atoms with E-state index >= 15 is 0 Å². The zero-order chi connectivity index (χ0) is 27.9. The van der Waals surface area contributed by atoms with Gasteiger partial charge in [0, 0.05) is 17.0 Å². The summed E-state index contributed by atoms with van der Waals surface area (Å²) in [6.45, 7) is 2.04. The van der Waals surface area contributed by atoms with E-state index in [0.717, 1.165) is 22.4 Å². The maximum atomic E-state index is 13.4. The SMILES string of the molecule is COc1ccc(C(=O)NC(Cc2ccccc2)c2nnc(SCc3ccc(F)cc3)n2-c2ccc(C)cc2)cc1. The number of aryl methyl sites for hydroxylation is 1. The smallest absolute Gasteiger partial charge is 0.251 e. The third-order valence-corrected chi connectivity index (χ3v) is 7.48. The largest absolute Gasteiger partial charge is 0.497 e. The molecule has 0 saturated carbocycles. The number of benzene rings is 4. The molecule has 1 atom stereocenters. The summed E-state index contributed by atoms with van der Waals surface area (Å²) in [5.41, 5.74) is 4.57. The minimum absolute atomic E-state index is 0.220. The van der Waals surface area contributed by atoms with Crippen LogP contribution in [0.3, 0.4) is 0 Å². The Balaban J connectivity index is 1.52. The molecule has 0 fully saturated rings. The number of carbonyl (C=O) groups excluding carboxylic acids is 1. The van der Waals surface area contributed by atoms with Gasteiger partial charge in [0.15, 0.2) is 11.0 Å². The standard InChI is InChI=1S/C32H29FN4O2S/c1-22-8-16-27(17-9-22)37-30(35-36-32(37)40-21-24-10-14-26(33)15-11-24)29(20-23-6-4-3-5-7-23)34-31(38)25-12-18-28(39-2)19-13-25/h3-19,29H,20-21H2,1-2H3,(H,34,38). The maximum absolute atomic E-state index is 13.4. The van der Waals surface area contributed by atoms with Gasteiger partial charge in [-0.25, -0.2) is 4.39 Å². The molecule has 1 heterocycles. The zero-order valence-electron chi connectivity index (χ0n) is 22.3. The fourth-order valence-electron chi connectivity index (χ4n) is 4.31. The Morgan fingerprint density at radius 3 is 2.27 bits per heavy atom. The normalized spacial score (nSPS) is 11.7. The first-order valence-corrected chi connectivity index (χ1v) is 13.9. The van der Waals surface area contributed by atoms with Crippen LogP contribution >= 0.6 is 11.8 Å². The first-order valence-electron chi connectivity index (χ1n) is 12.9. The molecule has 1 amide bonds. The Kier molecular flexibility index (Phi) is 8.56. The van der Waals surface area contributed by atoms with Gasteiger partial charge in [-0.3, -0.25) is 9.36 Å². The lowest BCUT2D eigenvalue weighted by Gasteiger charge is -2.20. The van der Waals surface area contributed by atoms with Crippen LogP contribution in [0.25, 0.3) is 5.69 Å². The number of rotatable bonds is 10. The molecule has 0 radical (unpaired) electrons. The van der Waals surface area contributed by atoms with E-state index in [4.69, 9.17) is 4.74 Å². The van der Waals surface area contributed by atoms with E-state index in [2.05, 4.69) is 15.5 Å². The van der Waals surface area contributed by atoms with Crippen molar-refractivity contribution in [3.8, 4) is 11.4 Å². The van der Waals surface area contributed by atoms with E-state index in [1.807, 2.05) is 66.1 Å². The number of nitrogens with one attached hydrogen (secondary N) is 1. The molecule has 8 heteroatoms. The molecule has 0 aliphatic rings. The number of halogens is 1. The first kappa shape index (κ1) is 27.1. The Bertz CT molecular complexity index is 1550. The van der Waals surface area contributed by atoms with Crippen molar-refractivity contribution in [3.05, 3.63) is 137 Å². The average Bonchev–Trinajstić information content (AvgIpc) is 3.41. The monoisotopic (exact) mass is 552 g/mol. The van der Waals surface area contributed by atoms with Crippen molar-refractivity contribution in [2.45, 2.75) is 30.3 Å². The molecule has 4 aromatic carbocycles. The molecular weight excluding hydrogens is 523 g/mol. The summed E-state index contributed by atoms with van der Waals surface area (Å²) in [6.07, 6.45) is 0.523. The summed E-state index contributed by atoms with van der Waals surface area (Å²) < 4.78 is 20.7. The topological polar surface area (TPSA) is 69.0 Å². The Labute approximate surface area is 237 Å². The fourth-order valence-corrected chi connectivity index (χ4v) is 5.22. The molecule has 0 aliphatic carbocycles. The fraction of sp³-hybridized carbons (Fsp3) is 0.156. The van der Waals surface area contributed by atoms with Gasteiger partial charge in [-0.1, -0.05) is 71.9 Å². The number of hydrogen-bond donors (Lipinski definition) is 1. The first-order chi connectivity index (χ1) is 19.5. The van der Waals surface area contributed by atoms with Gasteiger partial charge in [-0.2, -0.15) is 0 Å². The molecule has 1 N–H and O–H groups in total. The molecule has 6 nitrogen and oxygen atoms in total. The molecule has 5 rings (SSSR count). The van der Waals surface area contributed by atoms with Crippen LogP contribution in [0.5, 0.6) is 5.75 Å². The highest BCUT2D eigenvalue weighted by molar-refractivity contribution is 7.98. The second-order valence-corrected chi connectivity index (χ2v) is 10.3. The number of carbonyl (C=O) groups is 1. The molecule has 0 aliphatic heterocycles. The Morgan fingerprint density at radius 1 is 0.900 bits per heavy atom. The van der Waals surface area contributed by atoms with Gasteiger partial charge in [0.25, 0.3) is 5.91 Å². The van der Waals surface area contributed by atoms with Crippen molar-refractivity contribution in [2.24, 2.45) is 0 Å². The van der Waals surface area contributed by atoms with Crippen molar-refractivity contribution in [2.75, 3.05) is 7.11 Å². The summed E-state index contributed by atoms with van der Waals surface area (Å²) >= 11 is 1.51. The van der Waals surface area contributed by atoms with E-state index in [1.54, 1.807) is 43.5 Å². The molecule has 40 heavy (non-hydrogen) atoms. The van der Waals surface area contributed by atoms with Gasteiger partial charge >= 0.3 is 0 Å². The number of methoxy groups -OCH3 is 1. The van der Waals surface area contributed by atoms with Crippen LogP contribution in [0.1, 0.15) is 38.9 Å². The van der Waals surface area contributed by atoms with Crippen LogP contribution in [-0.2, 0) is 12.2 Å². The van der Waals surface area contributed by atoms with Crippen LogP contribution < -0.4 is 10.1 Å². The van der Waals surface area contributed by atoms with Gasteiger partial charge < -0.3 is 10.1 Å². The molecular formula is C32H29FN4O2S. The quantitative estimate of drug-likeness (QED) is 0.195. The van der Waals surface area contributed by atoms with Crippen molar-refractivity contribution in [1.82, 2.24) is 20.1 Å². The number of aromatic nitrogens is 3. The number of hydrogen-bond acceptors (Lipinski definition) is 5. The molecule has 0 spiro atoms. The zero-order valence-corrected chi connectivity index (χ0v) is 23.1. The van der Waals surface area contributed by atoms with Crippen LogP contribution in [0, 0.1) is 12.7 Å². The van der Waals surface area contributed by atoms with Crippen molar-refractivity contribution < 1.29 is 13.9 Å². The predicted octanol–water partition coefficient (Wildman–Crippen LogP) is 6.73. The van der Waals surface area contributed by atoms with E-state index in [9.17, 15) is 9.18 Å². The van der Waals surface area contributed by atoms with Crippen LogP contribution in [0.4, 0.5) is 4.39 Å². The molecule has 1 unspecified atom stereocenters. The Hall–Kier alpha value is -4.43. The third-order valence-electron chi connectivity index (χ3n) is 6.48. The number of ether oxygens (including phenoxy) is 1. The molecule has 0 bridgehead atoms. The molecule has 1 aromatic heterocycles. The average molecular weight is 553 g/mol. The highest BCUT2D eigenvalue weighted by Crippen LogP contribution is 2.29. The van der Waals surface area contributed by atoms with Gasteiger partial charge in [0.2, 0.25) is 0 Å². The predicted molar refractivity (Wildman–Crippen MR) is 155 cm³/mol. The van der Waals surface area contributed by atoms with Gasteiger partial charge in [-0.05, 0) is 73.0 Å². The van der Waals surface area contributed by atoms with Gasteiger partial charge in [0.1, 0.15) is 11.6 Å². The number of amides is 1. The summed E-state index contributed by atoms with van der Waals surface area (Å²) in [5.74, 6) is 1.40. The lowest BCUT2D eigenvalue weighted by atomic mass is 10.0.